The van der Waals surface area contributed by atoms with E-state index in [1.807, 2.05) is 43.3 Å². The van der Waals surface area contributed by atoms with Gasteiger partial charge in [0, 0.05) is 32.3 Å². The third kappa shape index (κ3) is 5.34. The van der Waals surface area contributed by atoms with E-state index in [2.05, 4.69) is 15.7 Å². The first kappa shape index (κ1) is 26.7. The highest BCUT2D eigenvalue weighted by Gasteiger charge is 2.46. The number of likely N-dealkylation sites (N-methyl/N-ethyl adjacent to an activating group) is 1. The van der Waals surface area contributed by atoms with Gasteiger partial charge in [-0.15, -0.1) is 0 Å². The quantitative estimate of drug-likeness (QED) is 0.449. The fourth-order valence-electron chi connectivity index (χ4n) is 4.38. The first-order chi connectivity index (χ1) is 18.2. The Balaban J connectivity index is 1.41. The molecule has 0 bridgehead atoms. The maximum atomic E-state index is 13.2. The van der Waals surface area contributed by atoms with Crippen LogP contribution in [0.2, 0.25) is 0 Å². The fourth-order valence-corrected chi connectivity index (χ4v) is 4.38. The van der Waals surface area contributed by atoms with E-state index in [0.717, 1.165) is 16.7 Å². The van der Waals surface area contributed by atoms with Gasteiger partial charge in [-0.3, -0.25) is 19.1 Å². The second-order valence-electron chi connectivity index (χ2n) is 9.56. The van der Waals surface area contributed by atoms with E-state index in [9.17, 15) is 14.4 Å². The zero-order chi connectivity index (χ0) is 27.4. The number of benzene rings is 2. The van der Waals surface area contributed by atoms with Crippen molar-refractivity contribution in [3.8, 4) is 11.5 Å². The third-order valence-corrected chi connectivity index (χ3v) is 6.97. The first-order valence-electron chi connectivity index (χ1n) is 12.3. The normalized spacial score (nSPS) is 16.6. The lowest BCUT2D eigenvalue weighted by Gasteiger charge is -2.40. The van der Waals surface area contributed by atoms with Gasteiger partial charge in [-0.1, -0.05) is 35.9 Å². The Hall–Kier alpha value is -4.34. The summed E-state index contributed by atoms with van der Waals surface area (Å²) in [4.78, 5) is 40.6. The molecule has 0 unspecified atom stereocenters. The summed E-state index contributed by atoms with van der Waals surface area (Å²) in [6, 6.07) is 14.8. The minimum Gasteiger partial charge on any atom is -0.497 e. The van der Waals surface area contributed by atoms with Crippen molar-refractivity contribution >= 4 is 17.7 Å². The van der Waals surface area contributed by atoms with Gasteiger partial charge in [0.1, 0.15) is 22.7 Å². The van der Waals surface area contributed by atoms with Gasteiger partial charge in [0.25, 0.3) is 11.8 Å². The smallest absolute Gasteiger partial charge is 0.272 e. The van der Waals surface area contributed by atoms with Crippen LogP contribution in [0.25, 0.3) is 0 Å². The predicted octanol–water partition coefficient (Wildman–Crippen LogP) is 2.34. The van der Waals surface area contributed by atoms with Crippen LogP contribution in [-0.4, -0.2) is 65.8 Å². The molecule has 10 nitrogen and oxygen atoms in total. The number of fused-ring (bicyclic) bond motifs is 1. The summed E-state index contributed by atoms with van der Waals surface area (Å²) in [6.07, 6.45) is 0.535. The molecule has 38 heavy (non-hydrogen) atoms. The van der Waals surface area contributed by atoms with Crippen molar-refractivity contribution in [1.29, 1.82) is 0 Å². The van der Waals surface area contributed by atoms with Crippen molar-refractivity contribution in [3.63, 3.8) is 0 Å². The molecular formula is C28H33N5O5. The predicted molar refractivity (Wildman–Crippen MR) is 141 cm³/mol. The van der Waals surface area contributed by atoms with Crippen LogP contribution in [0.3, 0.4) is 0 Å². The minimum absolute atomic E-state index is 0.118. The van der Waals surface area contributed by atoms with Crippen molar-refractivity contribution < 1.29 is 23.9 Å². The molecule has 0 radical (unpaired) electrons. The van der Waals surface area contributed by atoms with E-state index < -0.39 is 11.4 Å². The molecule has 0 saturated heterocycles. The molecular weight excluding hydrogens is 486 g/mol. The van der Waals surface area contributed by atoms with Gasteiger partial charge in [0.15, 0.2) is 5.69 Å². The third-order valence-electron chi connectivity index (χ3n) is 6.97. The number of nitrogens with zero attached hydrogens (tertiary/aromatic N) is 3. The Labute approximate surface area is 221 Å². The number of ether oxygens (including phenoxy) is 2. The van der Waals surface area contributed by atoms with Crippen LogP contribution in [0.15, 0.2) is 48.5 Å². The zero-order valence-electron chi connectivity index (χ0n) is 22.3. The highest BCUT2D eigenvalue weighted by atomic mass is 16.5. The SMILES string of the molecule is COc1ccc(CCNC(=O)c2cc3n(n2)C[C@](C)(C(=O)NCc2ccc(C)cc2)N(C)C3=O)c(OC)c1. The lowest BCUT2D eigenvalue weighted by molar-refractivity contribution is -0.132. The van der Waals surface area contributed by atoms with E-state index in [-0.39, 0.29) is 29.7 Å². The average Bonchev–Trinajstić information content (AvgIpc) is 3.35. The fraction of sp³-hybridized carbons (Fsp3) is 0.357. The molecule has 2 aromatic carbocycles. The van der Waals surface area contributed by atoms with Gasteiger partial charge in [-0.25, -0.2) is 0 Å². The maximum Gasteiger partial charge on any atom is 0.272 e. The summed E-state index contributed by atoms with van der Waals surface area (Å²) in [7, 11) is 4.76. The van der Waals surface area contributed by atoms with E-state index in [1.165, 1.54) is 15.6 Å². The molecule has 0 saturated carbocycles. The van der Waals surface area contributed by atoms with Gasteiger partial charge < -0.3 is 25.0 Å². The topological polar surface area (TPSA) is 115 Å². The van der Waals surface area contributed by atoms with Crippen LogP contribution in [0.5, 0.6) is 11.5 Å². The summed E-state index contributed by atoms with van der Waals surface area (Å²) < 4.78 is 12.1. The number of aryl methyl sites for hydroxylation is 1. The Morgan fingerprint density at radius 2 is 1.79 bits per heavy atom. The maximum absolute atomic E-state index is 13.2. The second-order valence-corrected chi connectivity index (χ2v) is 9.56. The molecule has 2 heterocycles. The van der Waals surface area contributed by atoms with Crippen LogP contribution in [0, 0.1) is 6.92 Å². The van der Waals surface area contributed by atoms with Crippen molar-refractivity contribution in [2.24, 2.45) is 0 Å². The summed E-state index contributed by atoms with van der Waals surface area (Å²) >= 11 is 0. The molecule has 2 N–H and O–H groups in total. The molecule has 0 fully saturated rings. The molecule has 1 aliphatic rings. The lowest BCUT2D eigenvalue weighted by atomic mass is 9.95. The molecule has 10 heteroatoms. The number of hydrogen-bond donors (Lipinski definition) is 2. The van der Waals surface area contributed by atoms with Gasteiger partial charge in [-0.05, 0) is 37.5 Å². The minimum atomic E-state index is -1.17. The molecule has 3 amide bonds. The number of methoxy groups -OCH3 is 2. The second kappa shape index (κ2) is 11.0. The number of hydrogen-bond acceptors (Lipinski definition) is 6. The largest absolute Gasteiger partial charge is 0.497 e. The van der Waals surface area contributed by atoms with Crippen LogP contribution in [-0.2, 0) is 24.3 Å². The Morgan fingerprint density at radius 1 is 1.05 bits per heavy atom. The summed E-state index contributed by atoms with van der Waals surface area (Å²) in [5.74, 6) is 0.280. The Kier molecular flexibility index (Phi) is 7.70. The van der Waals surface area contributed by atoms with Crippen molar-refractivity contribution in [2.75, 3.05) is 27.8 Å². The number of rotatable bonds is 9. The lowest BCUT2D eigenvalue weighted by Crippen LogP contribution is -2.62. The number of amides is 3. The van der Waals surface area contributed by atoms with E-state index in [1.54, 1.807) is 34.3 Å². The molecule has 0 spiro atoms. The first-order valence-corrected chi connectivity index (χ1v) is 12.3. The Bertz CT molecular complexity index is 1350. The van der Waals surface area contributed by atoms with Crippen molar-refractivity contribution in [3.05, 3.63) is 76.6 Å². The molecule has 4 rings (SSSR count). The summed E-state index contributed by atoms with van der Waals surface area (Å²) in [5, 5.41) is 10.1. The van der Waals surface area contributed by atoms with E-state index >= 15 is 0 Å². The highest BCUT2D eigenvalue weighted by molar-refractivity contribution is 6.01. The zero-order valence-corrected chi connectivity index (χ0v) is 22.3. The van der Waals surface area contributed by atoms with Gasteiger partial charge >= 0.3 is 0 Å². The van der Waals surface area contributed by atoms with Crippen LogP contribution < -0.4 is 20.1 Å². The summed E-state index contributed by atoms with van der Waals surface area (Å²) in [6.45, 7) is 4.51. The number of nitrogens with one attached hydrogen (secondary N) is 2. The van der Waals surface area contributed by atoms with Gasteiger partial charge in [0.2, 0.25) is 5.91 Å². The molecule has 3 aromatic rings. The van der Waals surface area contributed by atoms with Crippen molar-refractivity contribution in [1.82, 2.24) is 25.3 Å². The van der Waals surface area contributed by atoms with E-state index in [4.69, 9.17) is 9.47 Å². The number of carbonyl (C=O) groups excluding carboxylic acids is 3. The van der Waals surface area contributed by atoms with Crippen LogP contribution >= 0.6 is 0 Å². The van der Waals surface area contributed by atoms with Crippen LogP contribution in [0.1, 0.15) is 44.6 Å². The number of carbonyl (C=O) groups is 3. The van der Waals surface area contributed by atoms with Gasteiger partial charge in [-0.2, -0.15) is 5.10 Å². The van der Waals surface area contributed by atoms with Crippen molar-refractivity contribution in [2.45, 2.75) is 38.9 Å². The Morgan fingerprint density at radius 3 is 2.47 bits per heavy atom. The average molecular weight is 520 g/mol. The molecule has 0 aliphatic carbocycles. The molecule has 1 atom stereocenters. The standard InChI is InChI=1S/C28H33N5O5/c1-18-6-8-19(9-7-18)16-30-27(36)28(2)17-33-23(26(35)32(28)3)15-22(31-33)25(34)29-13-12-20-10-11-21(37-4)14-24(20)38-5/h6-11,14-15H,12-13,16-17H2,1-5H3,(H,29,34)(H,30,36)/t28-/m1/s1. The number of aromatic nitrogens is 2. The molecule has 1 aromatic heterocycles. The van der Waals surface area contributed by atoms with E-state index in [0.29, 0.717) is 31.0 Å². The van der Waals surface area contributed by atoms with Crippen LogP contribution in [0.4, 0.5) is 0 Å². The molecule has 1 aliphatic heterocycles. The summed E-state index contributed by atoms with van der Waals surface area (Å²) in [5.41, 5.74) is 2.23. The van der Waals surface area contributed by atoms with Gasteiger partial charge in [0.05, 0.1) is 20.8 Å². The molecule has 200 valence electrons. The monoisotopic (exact) mass is 519 g/mol. The highest BCUT2D eigenvalue weighted by Crippen LogP contribution is 2.27.